The van der Waals surface area contributed by atoms with E-state index < -0.39 is 0 Å². The molecule has 0 radical (unpaired) electrons. The Bertz CT molecular complexity index is 673. The molecular weight excluding hydrogens is 314 g/mol. The normalized spacial score (nSPS) is 12.9. The van der Waals surface area contributed by atoms with E-state index in [1.807, 2.05) is 50.5 Å². The number of nitrogens with two attached hydrogens (primary N) is 1. The van der Waals surface area contributed by atoms with Crippen molar-refractivity contribution in [2.45, 2.75) is 12.5 Å². The second-order valence-electron chi connectivity index (χ2n) is 5.95. The molecule has 2 rings (SSSR count). The van der Waals surface area contributed by atoms with E-state index in [1.165, 1.54) is 0 Å². The summed E-state index contributed by atoms with van der Waals surface area (Å²) in [7, 11) is 5.73. The van der Waals surface area contributed by atoms with Crippen molar-refractivity contribution in [1.29, 1.82) is 0 Å². The molecule has 0 aliphatic rings. The van der Waals surface area contributed by atoms with Gasteiger partial charge < -0.3 is 20.7 Å². The van der Waals surface area contributed by atoms with Gasteiger partial charge in [-0.05, 0) is 32.3 Å². The van der Waals surface area contributed by atoms with Gasteiger partial charge in [0.05, 0.1) is 19.7 Å². The van der Waals surface area contributed by atoms with Crippen LogP contribution in [-0.2, 0) is 6.42 Å². The summed E-state index contributed by atoms with van der Waals surface area (Å²) >= 11 is 0. The Labute approximate surface area is 149 Å². The molecule has 0 aliphatic carbocycles. The number of guanidine groups is 1. The van der Waals surface area contributed by atoms with Crippen LogP contribution in [0.2, 0.25) is 0 Å². The van der Waals surface area contributed by atoms with Crippen molar-refractivity contribution in [2.24, 2.45) is 10.7 Å². The number of aromatic nitrogens is 1. The zero-order valence-corrected chi connectivity index (χ0v) is 15.1. The lowest BCUT2D eigenvalue weighted by atomic mass is 10.0. The molecule has 6 nitrogen and oxygen atoms in total. The fourth-order valence-corrected chi connectivity index (χ4v) is 2.59. The number of nitrogens with zero attached hydrogens (tertiary/aromatic N) is 3. The minimum absolute atomic E-state index is 0.0901. The Kier molecular flexibility index (Phi) is 7.22. The Morgan fingerprint density at radius 3 is 2.68 bits per heavy atom. The number of ether oxygens (including phenoxy) is 1. The Morgan fingerprint density at radius 1 is 1.24 bits per heavy atom. The third-order valence-corrected chi connectivity index (χ3v) is 3.97. The molecule has 0 aliphatic heterocycles. The van der Waals surface area contributed by atoms with Gasteiger partial charge in [0, 0.05) is 30.4 Å². The standard InChI is InChI=1S/C19H27N5O/c1-24(2)17(16-9-4-5-10-18(16)25-3)14-23-19(20)22-13-11-15-8-6-7-12-21-15/h4-10,12,17H,11,13-14H2,1-3H3,(H3,20,22,23). The minimum Gasteiger partial charge on any atom is -0.496 e. The average Bonchev–Trinajstić information content (AvgIpc) is 2.63. The summed E-state index contributed by atoms with van der Waals surface area (Å²) in [5, 5.41) is 3.14. The monoisotopic (exact) mass is 341 g/mol. The van der Waals surface area contributed by atoms with Gasteiger partial charge in [0.25, 0.3) is 0 Å². The minimum atomic E-state index is 0.0901. The SMILES string of the molecule is COc1ccccc1C(CN=C(N)NCCc1ccccn1)N(C)C. The van der Waals surface area contributed by atoms with Gasteiger partial charge >= 0.3 is 0 Å². The quantitative estimate of drug-likeness (QED) is 0.566. The van der Waals surface area contributed by atoms with E-state index in [9.17, 15) is 0 Å². The predicted octanol–water partition coefficient (Wildman–Crippen LogP) is 1.84. The van der Waals surface area contributed by atoms with Gasteiger partial charge in [-0.25, -0.2) is 0 Å². The lowest BCUT2D eigenvalue weighted by Crippen LogP contribution is -2.34. The Balaban J connectivity index is 1.94. The van der Waals surface area contributed by atoms with Crippen molar-refractivity contribution < 1.29 is 4.74 Å². The molecule has 0 spiro atoms. The maximum atomic E-state index is 6.00. The number of hydrogen-bond donors (Lipinski definition) is 2. The molecule has 1 atom stereocenters. The third-order valence-electron chi connectivity index (χ3n) is 3.97. The number of nitrogens with one attached hydrogen (secondary N) is 1. The van der Waals surface area contributed by atoms with Crippen LogP contribution in [0.1, 0.15) is 17.3 Å². The van der Waals surface area contributed by atoms with Gasteiger partial charge in [0.2, 0.25) is 0 Å². The van der Waals surface area contributed by atoms with Gasteiger partial charge in [-0.1, -0.05) is 24.3 Å². The van der Waals surface area contributed by atoms with Gasteiger partial charge in [0.15, 0.2) is 5.96 Å². The molecule has 0 amide bonds. The number of benzene rings is 1. The second-order valence-corrected chi connectivity index (χ2v) is 5.95. The fraction of sp³-hybridized carbons (Fsp3) is 0.368. The highest BCUT2D eigenvalue weighted by molar-refractivity contribution is 5.77. The zero-order valence-electron chi connectivity index (χ0n) is 15.1. The van der Waals surface area contributed by atoms with Crippen molar-refractivity contribution in [2.75, 3.05) is 34.3 Å². The summed E-state index contributed by atoms with van der Waals surface area (Å²) < 4.78 is 5.47. The molecule has 1 heterocycles. The first kappa shape index (κ1) is 18.7. The third kappa shape index (κ3) is 5.76. The number of likely N-dealkylation sites (N-methyl/N-ethyl adjacent to an activating group) is 1. The zero-order chi connectivity index (χ0) is 18.1. The molecule has 1 aromatic carbocycles. The highest BCUT2D eigenvalue weighted by Crippen LogP contribution is 2.27. The lowest BCUT2D eigenvalue weighted by Gasteiger charge is -2.25. The first-order valence-corrected chi connectivity index (χ1v) is 8.35. The van der Waals surface area contributed by atoms with Crippen LogP contribution in [0.3, 0.4) is 0 Å². The fourth-order valence-electron chi connectivity index (χ4n) is 2.59. The first-order valence-electron chi connectivity index (χ1n) is 8.35. The van der Waals surface area contributed by atoms with Crippen molar-refractivity contribution in [3.05, 3.63) is 59.9 Å². The van der Waals surface area contributed by atoms with Crippen molar-refractivity contribution in [3.63, 3.8) is 0 Å². The van der Waals surface area contributed by atoms with Gasteiger partial charge in [0.1, 0.15) is 5.75 Å². The maximum absolute atomic E-state index is 6.00. The number of rotatable bonds is 8. The predicted molar refractivity (Wildman–Crippen MR) is 102 cm³/mol. The van der Waals surface area contributed by atoms with Crippen LogP contribution < -0.4 is 15.8 Å². The van der Waals surface area contributed by atoms with Crippen LogP contribution >= 0.6 is 0 Å². The molecule has 0 fully saturated rings. The molecule has 2 aromatic rings. The van der Waals surface area contributed by atoms with Crippen LogP contribution in [0.5, 0.6) is 5.75 Å². The molecule has 1 aromatic heterocycles. The van der Waals surface area contributed by atoms with Crippen LogP contribution in [-0.4, -0.2) is 50.1 Å². The van der Waals surface area contributed by atoms with Gasteiger partial charge in [-0.15, -0.1) is 0 Å². The van der Waals surface area contributed by atoms with E-state index in [0.717, 1.165) is 23.4 Å². The van der Waals surface area contributed by atoms with Crippen molar-refractivity contribution in [3.8, 4) is 5.75 Å². The number of methoxy groups -OCH3 is 1. The molecule has 25 heavy (non-hydrogen) atoms. The highest BCUT2D eigenvalue weighted by Gasteiger charge is 2.17. The molecule has 1 unspecified atom stereocenters. The van der Waals surface area contributed by atoms with E-state index in [1.54, 1.807) is 13.3 Å². The largest absolute Gasteiger partial charge is 0.496 e. The molecule has 134 valence electrons. The topological polar surface area (TPSA) is 75.8 Å². The van der Waals surface area contributed by atoms with Crippen LogP contribution in [0, 0.1) is 0 Å². The lowest BCUT2D eigenvalue weighted by molar-refractivity contribution is 0.295. The Morgan fingerprint density at radius 2 is 2.00 bits per heavy atom. The smallest absolute Gasteiger partial charge is 0.188 e. The number of para-hydroxylation sites is 1. The molecular formula is C19H27N5O. The number of aliphatic imine (C=N–C) groups is 1. The summed E-state index contributed by atoms with van der Waals surface area (Å²) in [6.07, 6.45) is 2.60. The van der Waals surface area contributed by atoms with Gasteiger partial charge in [-0.2, -0.15) is 0 Å². The van der Waals surface area contributed by atoms with Crippen molar-refractivity contribution >= 4 is 5.96 Å². The first-order chi connectivity index (χ1) is 12.1. The van der Waals surface area contributed by atoms with Crippen LogP contribution in [0.15, 0.2) is 53.7 Å². The van der Waals surface area contributed by atoms with Gasteiger partial charge in [-0.3, -0.25) is 9.98 Å². The average molecular weight is 341 g/mol. The number of pyridine rings is 1. The summed E-state index contributed by atoms with van der Waals surface area (Å²) in [6.45, 7) is 1.25. The molecule has 0 saturated carbocycles. The van der Waals surface area contributed by atoms with E-state index in [0.29, 0.717) is 19.0 Å². The van der Waals surface area contributed by atoms with E-state index in [2.05, 4.69) is 26.3 Å². The second kappa shape index (κ2) is 9.64. The molecule has 6 heteroatoms. The van der Waals surface area contributed by atoms with Crippen molar-refractivity contribution in [1.82, 2.24) is 15.2 Å². The van der Waals surface area contributed by atoms with Crippen LogP contribution in [0.25, 0.3) is 0 Å². The van der Waals surface area contributed by atoms with E-state index >= 15 is 0 Å². The highest BCUT2D eigenvalue weighted by atomic mass is 16.5. The van der Waals surface area contributed by atoms with E-state index in [-0.39, 0.29) is 6.04 Å². The molecule has 0 saturated heterocycles. The summed E-state index contributed by atoms with van der Waals surface area (Å²) in [5.74, 6) is 1.30. The Hall–Kier alpha value is -2.60. The summed E-state index contributed by atoms with van der Waals surface area (Å²) in [5.41, 5.74) is 8.13. The number of hydrogen-bond acceptors (Lipinski definition) is 4. The van der Waals surface area contributed by atoms with E-state index in [4.69, 9.17) is 10.5 Å². The molecule has 3 N–H and O–H groups in total. The summed E-state index contributed by atoms with van der Waals surface area (Å²) in [6, 6.07) is 14.0. The maximum Gasteiger partial charge on any atom is 0.188 e. The summed E-state index contributed by atoms with van der Waals surface area (Å²) in [4.78, 5) is 10.9. The molecule has 0 bridgehead atoms. The van der Waals surface area contributed by atoms with Crippen LogP contribution in [0.4, 0.5) is 0 Å².